The third-order valence-electron chi connectivity index (χ3n) is 10.2. The number of allylic oxidation sites excluding steroid dienone is 1. The highest BCUT2D eigenvalue weighted by atomic mass is 32.2. The molecule has 1 heterocycles. The monoisotopic (exact) mass is 505 g/mol. The number of nitrogens with zero attached hydrogens (tertiary/aromatic N) is 2. The fraction of sp³-hybridized carbons (Fsp3) is 0.815. The summed E-state index contributed by atoms with van der Waals surface area (Å²) in [7, 11) is -4.15. The third kappa shape index (κ3) is 5.27. The number of hydrogen-bond acceptors (Lipinski definition) is 4. The van der Waals surface area contributed by atoms with Gasteiger partial charge >= 0.3 is 10.3 Å². The summed E-state index contributed by atoms with van der Waals surface area (Å²) < 4.78 is 36.5. The van der Waals surface area contributed by atoms with E-state index in [1.54, 1.807) is 0 Å². The first-order valence-electron chi connectivity index (χ1n) is 13.5. The molecule has 3 fully saturated rings. The minimum absolute atomic E-state index is 0.181. The molecule has 3 saturated carbocycles. The topological polar surface area (TPSA) is 104 Å². The molecule has 1 aromatic rings. The smallest absolute Gasteiger partial charge is 0.333 e. The van der Waals surface area contributed by atoms with Crippen molar-refractivity contribution in [2.24, 2.45) is 40.9 Å². The van der Waals surface area contributed by atoms with Crippen LogP contribution in [0.4, 0.5) is 0 Å². The van der Waals surface area contributed by atoms with Gasteiger partial charge in [-0.2, -0.15) is 13.1 Å². The Morgan fingerprint density at radius 2 is 2.03 bits per heavy atom. The van der Waals surface area contributed by atoms with Gasteiger partial charge in [0.05, 0.1) is 11.9 Å². The lowest BCUT2D eigenvalue weighted by Crippen LogP contribution is -2.48. The average molecular weight is 506 g/mol. The summed E-state index contributed by atoms with van der Waals surface area (Å²) in [6.07, 6.45) is 17.7. The van der Waals surface area contributed by atoms with E-state index in [9.17, 15) is 18.1 Å². The molecule has 7 nitrogen and oxygen atoms in total. The Balaban J connectivity index is 1.34. The predicted octanol–water partition coefficient (Wildman–Crippen LogP) is 4.61. The zero-order valence-electron chi connectivity index (χ0n) is 21.4. The van der Waals surface area contributed by atoms with Gasteiger partial charge in [0.2, 0.25) is 0 Å². The number of aliphatic hydroxyl groups is 1. The van der Waals surface area contributed by atoms with Crippen molar-refractivity contribution in [3.05, 3.63) is 30.4 Å². The van der Waals surface area contributed by atoms with Crippen LogP contribution in [-0.2, 0) is 16.8 Å². The maximum atomic E-state index is 11.3. The summed E-state index contributed by atoms with van der Waals surface area (Å²) in [4.78, 5) is 4.26. The van der Waals surface area contributed by atoms with E-state index in [2.05, 4.69) is 27.3 Å². The second-order valence-corrected chi connectivity index (χ2v) is 14.1. The molecule has 5 rings (SSSR count). The maximum absolute atomic E-state index is 11.3. The Hall–Kier alpha value is -1.22. The molecule has 0 radical (unpaired) electrons. The quantitative estimate of drug-likeness (QED) is 0.371. The predicted molar refractivity (Wildman–Crippen MR) is 136 cm³/mol. The first-order chi connectivity index (χ1) is 16.4. The van der Waals surface area contributed by atoms with E-state index in [0.717, 1.165) is 38.6 Å². The molecule has 0 amide bonds. The van der Waals surface area contributed by atoms with E-state index in [0.29, 0.717) is 40.9 Å². The lowest BCUT2D eigenvalue weighted by molar-refractivity contribution is -0.0425. The van der Waals surface area contributed by atoms with E-state index in [-0.39, 0.29) is 6.04 Å². The lowest BCUT2D eigenvalue weighted by atomic mass is 9.50. The third-order valence-corrected chi connectivity index (χ3v) is 10.8. The van der Waals surface area contributed by atoms with E-state index < -0.39 is 15.9 Å². The lowest BCUT2D eigenvalue weighted by Gasteiger charge is -2.55. The molecule has 0 bridgehead atoms. The molecule has 8 atom stereocenters. The molecule has 3 N–H and O–H groups in total. The van der Waals surface area contributed by atoms with Crippen molar-refractivity contribution in [2.75, 3.05) is 0 Å². The first-order valence-corrected chi connectivity index (χ1v) is 15.0. The van der Waals surface area contributed by atoms with Crippen LogP contribution in [-0.4, -0.2) is 39.3 Å². The van der Waals surface area contributed by atoms with Crippen LogP contribution >= 0.6 is 0 Å². The van der Waals surface area contributed by atoms with Crippen molar-refractivity contribution >= 4 is 10.3 Å². The van der Waals surface area contributed by atoms with Gasteiger partial charge in [-0.15, -0.1) is 0 Å². The van der Waals surface area contributed by atoms with Gasteiger partial charge in [-0.3, -0.25) is 4.55 Å². The molecule has 4 aliphatic rings. The van der Waals surface area contributed by atoms with Crippen LogP contribution in [0.15, 0.2) is 30.4 Å². The molecule has 0 aromatic carbocycles. The van der Waals surface area contributed by atoms with Gasteiger partial charge in [0.15, 0.2) is 0 Å². The maximum Gasteiger partial charge on any atom is 0.333 e. The Morgan fingerprint density at radius 1 is 1.23 bits per heavy atom. The Kier molecular flexibility index (Phi) is 6.73. The molecule has 0 spiro atoms. The molecule has 0 aliphatic heterocycles. The van der Waals surface area contributed by atoms with Crippen molar-refractivity contribution in [1.29, 1.82) is 0 Å². The van der Waals surface area contributed by atoms with Crippen molar-refractivity contribution < 1.29 is 18.1 Å². The number of hydrogen-bond donors (Lipinski definition) is 3. The molecule has 4 aliphatic carbocycles. The van der Waals surface area contributed by atoms with E-state index in [1.807, 2.05) is 32.6 Å². The Morgan fingerprint density at radius 3 is 2.71 bits per heavy atom. The van der Waals surface area contributed by atoms with E-state index in [1.165, 1.54) is 31.3 Å². The number of imidazole rings is 1. The second-order valence-electron chi connectivity index (χ2n) is 12.9. The van der Waals surface area contributed by atoms with Crippen LogP contribution in [0, 0.1) is 40.9 Å². The zero-order valence-corrected chi connectivity index (χ0v) is 22.3. The van der Waals surface area contributed by atoms with Crippen LogP contribution in [0.25, 0.3) is 0 Å². The van der Waals surface area contributed by atoms with Crippen molar-refractivity contribution in [3.63, 3.8) is 0 Å². The largest absolute Gasteiger partial charge is 0.390 e. The highest BCUT2D eigenvalue weighted by Crippen LogP contribution is 2.65. The minimum atomic E-state index is -4.15. The van der Waals surface area contributed by atoms with Gasteiger partial charge in [0.25, 0.3) is 0 Å². The molecule has 5 unspecified atom stereocenters. The zero-order chi connectivity index (χ0) is 25.0. The normalized spacial score (nSPS) is 38.3. The Labute approximate surface area is 210 Å². The van der Waals surface area contributed by atoms with E-state index >= 15 is 0 Å². The van der Waals surface area contributed by atoms with Crippen LogP contribution in [0.3, 0.4) is 0 Å². The van der Waals surface area contributed by atoms with Gasteiger partial charge in [-0.05, 0) is 113 Å². The summed E-state index contributed by atoms with van der Waals surface area (Å²) in [5, 5.41) is 10.8. The Bertz CT molecular complexity index is 1030. The molecule has 35 heavy (non-hydrogen) atoms. The number of aromatic nitrogens is 2. The summed E-state index contributed by atoms with van der Waals surface area (Å²) in [6, 6.07) is -0.181. The molecule has 8 heteroatoms. The van der Waals surface area contributed by atoms with Gasteiger partial charge in [0.1, 0.15) is 0 Å². The summed E-state index contributed by atoms with van der Waals surface area (Å²) in [5.74, 6) is 3.70. The molecular formula is C27H43N3O4S. The highest BCUT2D eigenvalue weighted by molar-refractivity contribution is 7.83. The molecule has 196 valence electrons. The standard InChI is InChI=1S/C27H43N3O4S/c1-26(2,31)15-19(16-30-13-12-28-17-30)24-8-9-25-23-6-4-18-14-20(29-35(32,33)34)5-7-21(18)22(23)10-11-27(24,25)3/h4,12-13,17,19-25,29,31H,5-11,14-16H2,1-3H3,(H,32,33,34)/t19?,20-,21-,22?,23?,24?,25?,27+/m0/s1. The molecule has 0 saturated heterocycles. The second kappa shape index (κ2) is 9.26. The summed E-state index contributed by atoms with van der Waals surface area (Å²) >= 11 is 0. The minimum Gasteiger partial charge on any atom is -0.390 e. The van der Waals surface area contributed by atoms with Crippen LogP contribution in [0.5, 0.6) is 0 Å². The van der Waals surface area contributed by atoms with Gasteiger partial charge in [-0.25, -0.2) is 4.98 Å². The van der Waals surface area contributed by atoms with Crippen molar-refractivity contribution in [3.8, 4) is 0 Å². The van der Waals surface area contributed by atoms with Crippen LogP contribution < -0.4 is 4.72 Å². The SMILES string of the molecule is CC(C)(O)CC(Cn1ccnc1)C1CCC2C3CC=C4C[C@@H](NS(=O)(=O)O)CC[C@@H]4C3CC[C@]12C. The molecular weight excluding hydrogens is 462 g/mol. The average Bonchev–Trinajstić information content (AvgIpc) is 3.37. The van der Waals surface area contributed by atoms with Gasteiger partial charge < -0.3 is 9.67 Å². The summed E-state index contributed by atoms with van der Waals surface area (Å²) in [6.45, 7) is 7.35. The van der Waals surface area contributed by atoms with Crippen molar-refractivity contribution in [2.45, 2.75) is 96.7 Å². The number of rotatable bonds is 7. The van der Waals surface area contributed by atoms with E-state index in [4.69, 9.17) is 0 Å². The highest BCUT2D eigenvalue weighted by Gasteiger charge is 2.57. The first kappa shape index (κ1) is 25.4. The van der Waals surface area contributed by atoms with Crippen LogP contribution in [0.2, 0.25) is 0 Å². The molecule has 1 aromatic heterocycles. The summed E-state index contributed by atoms with van der Waals surface area (Å²) in [5.41, 5.74) is 1.03. The van der Waals surface area contributed by atoms with Gasteiger partial charge in [-0.1, -0.05) is 18.6 Å². The fourth-order valence-corrected chi connectivity index (χ4v) is 9.66. The van der Waals surface area contributed by atoms with Crippen LogP contribution in [0.1, 0.15) is 78.6 Å². The van der Waals surface area contributed by atoms with Gasteiger partial charge in [0, 0.05) is 25.0 Å². The van der Waals surface area contributed by atoms with Crippen molar-refractivity contribution in [1.82, 2.24) is 14.3 Å². The number of nitrogens with one attached hydrogen (secondary N) is 1. The fourth-order valence-electron chi connectivity index (χ4n) is 9.04. The number of fused-ring (bicyclic) bond motifs is 5.